The summed E-state index contributed by atoms with van der Waals surface area (Å²) in [5, 5.41) is 3.06. The molecule has 1 aliphatic rings. The first-order chi connectivity index (χ1) is 13.9. The summed E-state index contributed by atoms with van der Waals surface area (Å²) in [4.78, 5) is 26.1. The van der Waals surface area contributed by atoms with E-state index in [-0.39, 0.29) is 24.0 Å². The van der Waals surface area contributed by atoms with Gasteiger partial charge in [0.1, 0.15) is 5.75 Å². The number of benzene rings is 2. The molecule has 0 radical (unpaired) electrons. The topological polar surface area (TPSA) is 58.6 Å². The van der Waals surface area contributed by atoms with E-state index in [1.807, 2.05) is 45.0 Å². The van der Waals surface area contributed by atoms with Crippen LogP contribution in [0.3, 0.4) is 0 Å². The van der Waals surface area contributed by atoms with Crippen molar-refractivity contribution >= 4 is 17.5 Å². The smallest absolute Gasteiger partial charge is 0.251 e. The van der Waals surface area contributed by atoms with Crippen LogP contribution >= 0.6 is 0 Å². The predicted molar refractivity (Wildman–Crippen MR) is 115 cm³/mol. The highest BCUT2D eigenvalue weighted by molar-refractivity contribution is 5.97. The molecule has 29 heavy (non-hydrogen) atoms. The summed E-state index contributed by atoms with van der Waals surface area (Å²) in [6.45, 7) is 6.80. The van der Waals surface area contributed by atoms with Gasteiger partial charge in [0.25, 0.3) is 5.91 Å². The van der Waals surface area contributed by atoms with Gasteiger partial charge in [0.15, 0.2) is 0 Å². The molecule has 1 saturated heterocycles. The van der Waals surface area contributed by atoms with E-state index in [9.17, 15) is 9.59 Å². The molecule has 1 aliphatic heterocycles. The van der Waals surface area contributed by atoms with Crippen LogP contribution in [-0.2, 0) is 11.2 Å². The minimum Gasteiger partial charge on any atom is -0.491 e. The molecule has 0 aliphatic carbocycles. The van der Waals surface area contributed by atoms with Gasteiger partial charge >= 0.3 is 0 Å². The van der Waals surface area contributed by atoms with E-state index in [4.69, 9.17) is 4.74 Å². The third-order valence-electron chi connectivity index (χ3n) is 5.05. The lowest BCUT2D eigenvalue weighted by atomic mass is 10.1. The van der Waals surface area contributed by atoms with Crippen LogP contribution in [0.15, 0.2) is 48.5 Å². The zero-order valence-electron chi connectivity index (χ0n) is 17.5. The molecule has 5 nitrogen and oxygen atoms in total. The highest BCUT2D eigenvalue weighted by Crippen LogP contribution is 2.21. The Labute approximate surface area is 173 Å². The van der Waals surface area contributed by atoms with Crippen LogP contribution in [0.4, 0.5) is 5.69 Å². The zero-order chi connectivity index (χ0) is 20.8. The fraction of sp³-hybridized carbons (Fsp3) is 0.417. The second-order valence-corrected chi connectivity index (χ2v) is 7.92. The van der Waals surface area contributed by atoms with Crippen molar-refractivity contribution in [2.24, 2.45) is 0 Å². The van der Waals surface area contributed by atoms with Gasteiger partial charge in [-0.25, -0.2) is 0 Å². The van der Waals surface area contributed by atoms with Crippen LogP contribution < -0.4 is 15.0 Å². The maximum absolute atomic E-state index is 12.5. The summed E-state index contributed by atoms with van der Waals surface area (Å²) >= 11 is 0. The Morgan fingerprint density at radius 3 is 2.34 bits per heavy atom. The SMILES string of the molecule is CC(CCc1ccc(OC(C)C)cc1)NC(=O)c1ccc(N2CCCC2=O)cc1. The zero-order valence-corrected chi connectivity index (χ0v) is 17.5. The molecule has 0 bridgehead atoms. The molecule has 2 amide bonds. The van der Waals surface area contributed by atoms with Crippen molar-refractivity contribution in [3.8, 4) is 5.75 Å². The number of amides is 2. The van der Waals surface area contributed by atoms with Crippen LogP contribution in [-0.4, -0.2) is 30.5 Å². The van der Waals surface area contributed by atoms with Crippen LogP contribution in [0.2, 0.25) is 0 Å². The van der Waals surface area contributed by atoms with E-state index in [2.05, 4.69) is 17.4 Å². The molecule has 1 unspecified atom stereocenters. The number of nitrogens with zero attached hydrogens (tertiary/aromatic N) is 1. The Morgan fingerprint density at radius 1 is 1.07 bits per heavy atom. The summed E-state index contributed by atoms with van der Waals surface area (Å²) in [6.07, 6.45) is 3.41. The average Bonchev–Trinajstić information content (AvgIpc) is 3.13. The van der Waals surface area contributed by atoms with Crippen molar-refractivity contribution in [1.82, 2.24) is 5.32 Å². The number of hydrogen-bond acceptors (Lipinski definition) is 3. The number of rotatable bonds is 8. The van der Waals surface area contributed by atoms with Gasteiger partial charge in [-0.3, -0.25) is 9.59 Å². The number of carbonyl (C=O) groups excluding carboxylic acids is 2. The first-order valence-corrected chi connectivity index (χ1v) is 10.4. The molecule has 3 rings (SSSR count). The van der Waals surface area contributed by atoms with Crippen molar-refractivity contribution in [2.75, 3.05) is 11.4 Å². The van der Waals surface area contributed by atoms with Crippen LogP contribution in [0.25, 0.3) is 0 Å². The Hall–Kier alpha value is -2.82. The van der Waals surface area contributed by atoms with Crippen molar-refractivity contribution in [3.05, 3.63) is 59.7 Å². The van der Waals surface area contributed by atoms with Gasteiger partial charge in [0.2, 0.25) is 5.91 Å². The third-order valence-corrected chi connectivity index (χ3v) is 5.05. The molecule has 0 spiro atoms. The molecular weight excluding hydrogens is 364 g/mol. The molecule has 2 aromatic rings. The maximum atomic E-state index is 12.5. The molecule has 1 N–H and O–H groups in total. The van der Waals surface area contributed by atoms with Gasteiger partial charge in [-0.2, -0.15) is 0 Å². The van der Waals surface area contributed by atoms with Gasteiger partial charge in [-0.05, 0) is 82.0 Å². The first kappa shape index (κ1) is 20.9. The van der Waals surface area contributed by atoms with E-state index >= 15 is 0 Å². The van der Waals surface area contributed by atoms with Gasteiger partial charge in [0.05, 0.1) is 6.10 Å². The largest absolute Gasteiger partial charge is 0.491 e. The third kappa shape index (κ3) is 5.83. The Morgan fingerprint density at radius 2 is 1.76 bits per heavy atom. The van der Waals surface area contributed by atoms with Crippen LogP contribution in [0.5, 0.6) is 5.75 Å². The lowest BCUT2D eigenvalue weighted by molar-refractivity contribution is -0.117. The second kappa shape index (κ2) is 9.59. The molecule has 1 fully saturated rings. The monoisotopic (exact) mass is 394 g/mol. The van der Waals surface area contributed by atoms with Gasteiger partial charge < -0.3 is 15.0 Å². The second-order valence-electron chi connectivity index (χ2n) is 7.92. The summed E-state index contributed by atoms with van der Waals surface area (Å²) in [5.74, 6) is 0.946. The normalized spacial score (nSPS) is 14.9. The van der Waals surface area contributed by atoms with Gasteiger partial charge in [0, 0.05) is 30.3 Å². The van der Waals surface area contributed by atoms with Crippen molar-refractivity contribution < 1.29 is 14.3 Å². The average molecular weight is 395 g/mol. The standard InChI is InChI=1S/C24H30N2O3/c1-17(2)29-22-14-8-19(9-15-22)7-6-18(3)25-24(28)20-10-12-21(13-11-20)26-16-4-5-23(26)27/h8-15,17-18H,4-7,16H2,1-3H3,(H,25,28). The van der Waals surface area contributed by atoms with E-state index in [0.717, 1.165) is 37.2 Å². The van der Waals surface area contributed by atoms with Gasteiger partial charge in [-0.15, -0.1) is 0 Å². The Kier molecular flexibility index (Phi) is 6.91. The molecule has 1 atom stereocenters. The number of carbonyl (C=O) groups is 2. The van der Waals surface area contributed by atoms with E-state index in [1.54, 1.807) is 17.0 Å². The molecular formula is C24H30N2O3. The minimum absolute atomic E-state index is 0.0638. The lowest BCUT2D eigenvalue weighted by Crippen LogP contribution is -2.33. The van der Waals surface area contributed by atoms with Crippen LogP contribution in [0.1, 0.15) is 56.0 Å². The first-order valence-electron chi connectivity index (χ1n) is 10.4. The van der Waals surface area contributed by atoms with E-state index in [0.29, 0.717) is 12.0 Å². The lowest BCUT2D eigenvalue weighted by Gasteiger charge is -2.17. The van der Waals surface area contributed by atoms with E-state index in [1.165, 1.54) is 5.56 Å². The molecule has 5 heteroatoms. The van der Waals surface area contributed by atoms with Crippen LogP contribution in [0, 0.1) is 0 Å². The van der Waals surface area contributed by atoms with E-state index < -0.39 is 0 Å². The molecule has 0 saturated carbocycles. The minimum atomic E-state index is -0.0857. The van der Waals surface area contributed by atoms with Gasteiger partial charge in [-0.1, -0.05) is 12.1 Å². The summed E-state index contributed by atoms with van der Waals surface area (Å²) in [6, 6.07) is 15.5. The number of anilines is 1. The van der Waals surface area contributed by atoms with Crippen molar-refractivity contribution in [3.63, 3.8) is 0 Å². The molecule has 0 aromatic heterocycles. The number of hydrogen-bond donors (Lipinski definition) is 1. The highest BCUT2D eigenvalue weighted by atomic mass is 16.5. The number of nitrogens with one attached hydrogen (secondary N) is 1. The number of ether oxygens (including phenoxy) is 1. The fourth-order valence-electron chi connectivity index (χ4n) is 3.48. The summed E-state index contributed by atoms with van der Waals surface area (Å²) < 4.78 is 5.66. The fourth-order valence-corrected chi connectivity index (χ4v) is 3.48. The number of aryl methyl sites for hydroxylation is 1. The highest BCUT2D eigenvalue weighted by Gasteiger charge is 2.21. The van der Waals surface area contributed by atoms with Crippen molar-refractivity contribution in [2.45, 2.75) is 58.6 Å². The quantitative estimate of drug-likeness (QED) is 0.724. The van der Waals surface area contributed by atoms with Crippen molar-refractivity contribution in [1.29, 1.82) is 0 Å². The predicted octanol–water partition coefficient (Wildman–Crippen LogP) is 4.35. The summed E-state index contributed by atoms with van der Waals surface area (Å²) in [5.41, 5.74) is 2.70. The summed E-state index contributed by atoms with van der Waals surface area (Å²) in [7, 11) is 0. The Balaban J connectivity index is 1.48. The maximum Gasteiger partial charge on any atom is 0.251 e. The molecule has 154 valence electrons. The Bertz CT molecular complexity index is 828. The molecule has 1 heterocycles. The molecule has 2 aromatic carbocycles.